The second kappa shape index (κ2) is 6.60. The molecule has 0 aliphatic rings. The molecule has 0 aliphatic heterocycles. The molecule has 0 radical (unpaired) electrons. The quantitative estimate of drug-likeness (QED) is 0.401. The lowest BCUT2D eigenvalue weighted by molar-refractivity contribution is 0.742. The average Bonchev–Trinajstić information content (AvgIpc) is 1.98. The summed E-state index contributed by atoms with van der Waals surface area (Å²) in [5.74, 6) is 0. The van der Waals surface area contributed by atoms with Crippen molar-refractivity contribution in [2.24, 2.45) is 0 Å². The van der Waals surface area contributed by atoms with E-state index in [0.29, 0.717) is 0 Å². The topological polar surface area (TPSA) is 0 Å². The normalized spacial score (nSPS) is 11.6. The van der Waals surface area contributed by atoms with Gasteiger partial charge in [-0.2, -0.15) is 0 Å². The predicted octanol–water partition coefficient (Wildman–Crippen LogP) is 3.70. The number of unbranched alkanes of at least 4 members (excludes halogenated alkanes) is 2. The van der Waals surface area contributed by atoms with Gasteiger partial charge in [-0.15, -0.1) is 6.58 Å². The third-order valence-corrected chi connectivity index (χ3v) is 1.72. The van der Waals surface area contributed by atoms with E-state index in [1.54, 1.807) is 0 Å². The summed E-state index contributed by atoms with van der Waals surface area (Å²) in [6, 6.07) is 0. The summed E-state index contributed by atoms with van der Waals surface area (Å²) in [5.41, 5.74) is 1.50. The van der Waals surface area contributed by atoms with E-state index in [-0.39, 0.29) is 0 Å². The fourth-order valence-electron chi connectivity index (χ4n) is 0.837. The molecular formula is C10H18. The Hall–Kier alpha value is -0.520. The first-order valence-electron chi connectivity index (χ1n) is 4.04. The van der Waals surface area contributed by atoms with Crippen molar-refractivity contribution >= 4 is 0 Å². The Morgan fingerprint density at radius 2 is 2.10 bits per heavy atom. The molecule has 0 aromatic rings. The average molecular weight is 138 g/mol. The van der Waals surface area contributed by atoms with Gasteiger partial charge in [0.25, 0.3) is 0 Å². The van der Waals surface area contributed by atoms with Crippen LogP contribution in [0.5, 0.6) is 0 Å². The molecule has 0 aliphatic carbocycles. The number of rotatable bonds is 5. The number of hydrogen-bond acceptors (Lipinski definition) is 0. The Labute approximate surface area is 64.6 Å². The molecule has 0 unspecified atom stereocenters. The Morgan fingerprint density at radius 3 is 2.60 bits per heavy atom. The maximum Gasteiger partial charge on any atom is -0.0323 e. The van der Waals surface area contributed by atoms with Gasteiger partial charge in [0.2, 0.25) is 0 Å². The van der Waals surface area contributed by atoms with E-state index in [2.05, 4.69) is 26.5 Å². The van der Waals surface area contributed by atoms with Crippen LogP contribution in [0, 0.1) is 0 Å². The molecule has 0 rings (SSSR count). The number of allylic oxidation sites excluding steroid dienone is 3. The van der Waals surface area contributed by atoms with Gasteiger partial charge >= 0.3 is 0 Å². The third-order valence-electron chi connectivity index (χ3n) is 1.72. The zero-order chi connectivity index (χ0) is 7.82. The molecule has 0 N–H and O–H groups in total. The monoisotopic (exact) mass is 138 g/mol. The van der Waals surface area contributed by atoms with Crippen LogP contribution in [0.2, 0.25) is 0 Å². The predicted molar refractivity (Wildman–Crippen MR) is 48.1 cm³/mol. The first-order chi connectivity index (χ1) is 4.81. The standard InChI is InChI=1S/C10H18/c1-4-6-7-8-9-10(3)5-2/h4-5H,1,6-9H2,2-3H3/b10-5+. The molecule has 0 aromatic carbocycles. The molecule has 0 heterocycles. The maximum atomic E-state index is 3.68. The molecule has 0 saturated heterocycles. The van der Waals surface area contributed by atoms with Crippen molar-refractivity contribution < 1.29 is 0 Å². The summed E-state index contributed by atoms with van der Waals surface area (Å²) in [4.78, 5) is 0. The van der Waals surface area contributed by atoms with Crippen LogP contribution in [-0.2, 0) is 0 Å². The Balaban J connectivity index is 3.11. The van der Waals surface area contributed by atoms with Gasteiger partial charge in [-0.25, -0.2) is 0 Å². The lowest BCUT2D eigenvalue weighted by Crippen LogP contribution is -1.77. The van der Waals surface area contributed by atoms with Crippen LogP contribution in [0.3, 0.4) is 0 Å². The van der Waals surface area contributed by atoms with E-state index in [1.807, 2.05) is 6.08 Å². The van der Waals surface area contributed by atoms with Crippen molar-refractivity contribution in [2.75, 3.05) is 0 Å². The molecule has 0 atom stereocenters. The molecular weight excluding hydrogens is 120 g/mol. The van der Waals surface area contributed by atoms with Crippen LogP contribution < -0.4 is 0 Å². The van der Waals surface area contributed by atoms with Gasteiger partial charge in [0, 0.05) is 0 Å². The van der Waals surface area contributed by atoms with Crippen LogP contribution in [0.1, 0.15) is 39.5 Å². The Bertz CT molecular complexity index is 109. The molecule has 58 valence electrons. The molecule has 0 heteroatoms. The van der Waals surface area contributed by atoms with Crippen LogP contribution in [-0.4, -0.2) is 0 Å². The van der Waals surface area contributed by atoms with Gasteiger partial charge in [0.05, 0.1) is 0 Å². The van der Waals surface area contributed by atoms with Crippen molar-refractivity contribution in [3.63, 3.8) is 0 Å². The molecule has 0 saturated carbocycles. The summed E-state index contributed by atoms with van der Waals surface area (Å²) in [7, 11) is 0. The summed E-state index contributed by atoms with van der Waals surface area (Å²) in [6.07, 6.45) is 9.19. The van der Waals surface area contributed by atoms with Crippen molar-refractivity contribution in [2.45, 2.75) is 39.5 Å². The van der Waals surface area contributed by atoms with Crippen molar-refractivity contribution in [3.8, 4) is 0 Å². The molecule has 0 bridgehead atoms. The molecule has 0 fully saturated rings. The minimum Gasteiger partial charge on any atom is -0.103 e. The van der Waals surface area contributed by atoms with E-state index >= 15 is 0 Å². The van der Waals surface area contributed by atoms with Crippen LogP contribution in [0.15, 0.2) is 24.3 Å². The fourth-order valence-corrected chi connectivity index (χ4v) is 0.837. The maximum absolute atomic E-state index is 3.68. The lowest BCUT2D eigenvalue weighted by atomic mass is 10.1. The van der Waals surface area contributed by atoms with Crippen molar-refractivity contribution in [1.82, 2.24) is 0 Å². The van der Waals surface area contributed by atoms with E-state index in [4.69, 9.17) is 0 Å². The van der Waals surface area contributed by atoms with E-state index in [0.717, 1.165) is 6.42 Å². The highest BCUT2D eigenvalue weighted by Crippen LogP contribution is 2.07. The van der Waals surface area contributed by atoms with Crippen LogP contribution >= 0.6 is 0 Å². The van der Waals surface area contributed by atoms with Gasteiger partial charge < -0.3 is 0 Å². The van der Waals surface area contributed by atoms with Gasteiger partial charge in [-0.3, -0.25) is 0 Å². The largest absolute Gasteiger partial charge is 0.103 e. The second-order valence-electron chi connectivity index (χ2n) is 2.67. The highest BCUT2D eigenvalue weighted by molar-refractivity contribution is 4.94. The smallest absolute Gasteiger partial charge is 0.0323 e. The minimum absolute atomic E-state index is 1.16. The van der Waals surface area contributed by atoms with E-state index in [1.165, 1.54) is 24.8 Å². The lowest BCUT2D eigenvalue weighted by Gasteiger charge is -1.97. The molecule has 0 nitrogen and oxygen atoms in total. The zero-order valence-electron chi connectivity index (χ0n) is 7.19. The fraction of sp³-hybridized carbons (Fsp3) is 0.600. The van der Waals surface area contributed by atoms with Gasteiger partial charge in [0.15, 0.2) is 0 Å². The first kappa shape index (κ1) is 9.48. The molecule has 0 spiro atoms. The third kappa shape index (κ3) is 5.61. The minimum atomic E-state index is 1.16. The summed E-state index contributed by atoms with van der Waals surface area (Å²) >= 11 is 0. The van der Waals surface area contributed by atoms with Gasteiger partial charge in [-0.1, -0.05) is 17.7 Å². The van der Waals surface area contributed by atoms with Gasteiger partial charge in [-0.05, 0) is 39.5 Å². The molecule has 0 aromatic heterocycles. The highest BCUT2D eigenvalue weighted by Gasteiger charge is 1.87. The highest BCUT2D eigenvalue weighted by atomic mass is 13.9. The summed E-state index contributed by atoms with van der Waals surface area (Å²) in [5, 5.41) is 0. The van der Waals surface area contributed by atoms with Gasteiger partial charge in [0.1, 0.15) is 0 Å². The molecule has 10 heavy (non-hydrogen) atoms. The van der Waals surface area contributed by atoms with Crippen LogP contribution in [0.25, 0.3) is 0 Å². The number of hydrogen-bond donors (Lipinski definition) is 0. The van der Waals surface area contributed by atoms with Crippen molar-refractivity contribution in [1.29, 1.82) is 0 Å². The summed E-state index contributed by atoms with van der Waals surface area (Å²) < 4.78 is 0. The molecule has 0 amide bonds. The Kier molecular flexibility index (Phi) is 6.25. The second-order valence-corrected chi connectivity index (χ2v) is 2.67. The van der Waals surface area contributed by atoms with Crippen LogP contribution in [0.4, 0.5) is 0 Å². The summed E-state index contributed by atoms with van der Waals surface area (Å²) in [6.45, 7) is 7.97. The van der Waals surface area contributed by atoms with Crippen molar-refractivity contribution in [3.05, 3.63) is 24.3 Å². The Morgan fingerprint density at radius 1 is 1.40 bits per heavy atom. The first-order valence-corrected chi connectivity index (χ1v) is 4.04. The van der Waals surface area contributed by atoms with E-state index < -0.39 is 0 Å². The zero-order valence-corrected chi connectivity index (χ0v) is 7.19. The van der Waals surface area contributed by atoms with E-state index in [9.17, 15) is 0 Å². The SMILES string of the molecule is C=CCCCC/C(C)=C/C.